The number of hydrogen-bond acceptors (Lipinski definition) is 5. The summed E-state index contributed by atoms with van der Waals surface area (Å²) in [4.78, 5) is 29.6. The molecule has 2 aromatic heterocycles. The molecule has 1 N–H and O–H groups in total. The molecule has 2 heterocycles. The summed E-state index contributed by atoms with van der Waals surface area (Å²) in [5, 5.41) is 0. The van der Waals surface area contributed by atoms with Crippen LogP contribution in [0.1, 0.15) is 22.4 Å². The number of H-pyrrole nitrogens is 1. The van der Waals surface area contributed by atoms with E-state index in [1.54, 1.807) is 6.92 Å². The first-order valence-electron chi connectivity index (χ1n) is 3.97. The molecular weight excluding hydrogens is 202 g/mol. The molecule has 0 atom stereocenters. The van der Waals surface area contributed by atoms with E-state index in [-0.39, 0.29) is 16.9 Å². The van der Waals surface area contributed by atoms with Gasteiger partial charge in [-0.1, -0.05) is 0 Å². The van der Waals surface area contributed by atoms with Crippen molar-refractivity contribution >= 4 is 28.3 Å². The number of Topliss-reactive ketones (excluding diaryl/α,β-unsaturated/α-hetero) is 1. The molecule has 72 valence electrons. The molecule has 0 spiro atoms. The molecule has 14 heavy (non-hydrogen) atoms. The van der Waals surface area contributed by atoms with Gasteiger partial charge in [-0.05, 0) is 18.5 Å². The van der Waals surface area contributed by atoms with Crippen molar-refractivity contribution in [3.8, 4) is 0 Å². The number of aryl methyl sites for hydroxylation is 1. The molecule has 0 aliphatic carbocycles. The molecule has 6 heteroatoms. The van der Waals surface area contributed by atoms with Gasteiger partial charge in [0.25, 0.3) is 5.56 Å². The summed E-state index contributed by atoms with van der Waals surface area (Å²) in [5.74, 6) is 0.375. The average molecular weight is 209 g/mol. The number of nitrogens with zero attached hydrogens (tertiary/aromatic N) is 2. The van der Waals surface area contributed by atoms with E-state index in [2.05, 4.69) is 14.3 Å². The molecule has 0 bridgehead atoms. The van der Waals surface area contributed by atoms with Crippen molar-refractivity contribution in [1.29, 1.82) is 0 Å². The first-order valence-corrected chi connectivity index (χ1v) is 4.74. The second-order valence-corrected chi connectivity index (χ2v) is 3.69. The maximum Gasteiger partial charge on any atom is 0.278 e. The Morgan fingerprint density at radius 1 is 1.43 bits per heavy atom. The summed E-state index contributed by atoms with van der Waals surface area (Å²) in [6, 6.07) is 0. The molecule has 0 radical (unpaired) electrons. The maximum atomic E-state index is 11.4. The van der Waals surface area contributed by atoms with E-state index in [4.69, 9.17) is 0 Å². The van der Waals surface area contributed by atoms with E-state index in [1.807, 2.05) is 0 Å². The van der Waals surface area contributed by atoms with Crippen LogP contribution >= 0.6 is 11.5 Å². The van der Waals surface area contributed by atoms with Crippen LogP contribution in [0, 0.1) is 6.92 Å². The molecule has 0 aliphatic heterocycles. The average Bonchev–Trinajstić information content (AvgIpc) is 2.47. The molecule has 0 fully saturated rings. The number of aromatic amines is 1. The SMILES string of the molecule is CC(=O)c1snc2c(=O)[nH]c(C)nc12. The van der Waals surface area contributed by atoms with Gasteiger partial charge in [0.05, 0.1) is 0 Å². The van der Waals surface area contributed by atoms with Gasteiger partial charge in [0, 0.05) is 6.92 Å². The molecule has 0 aromatic carbocycles. The smallest absolute Gasteiger partial charge is 0.278 e. The van der Waals surface area contributed by atoms with Crippen molar-refractivity contribution in [2.75, 3.05) is 0 Å². The molecule has 0 unspecified atom stereocenters. The number of hydrogen-bond donors (Lipinski definition) is 1. The standard InChI is InChI=1S/C8H7N3O2S/c1-3(12)7-5-6(11-14-7)8(13)10-4(2)9-5/h1-2H3,(H,9,10,13). The lowest BCUT2D eigenvalue weighted by Gasteiger charge is -1.92. The lowest BCUT2D eigenvalue weighted by atomic mass is 10.3. The highest BCUT2D eigenvalue weighted by molar-refractivity contribution is 7.09. The monoisotopic (exact) mass is 209 g/mol. The highest BCUT2D eigenvalue weighted by atomic mass is 32.1. The molecule has 0 aliphatic rings. The quantitative estimate of drug-likeness (QED) is 0.708. The van der Waals surface area contributed by atoms with Crippen molar-refractivity contribution in [3.05, 3.63) is 21.1 Å². The summed E-state index contributed by atoms with van der Waals surface area (Å²) in [5.41, 5.74) is 0.353. The predicted octanol–water partition coefficient (Wildman–Crippen LogP) is 0.891. The molecule has 0 saturated carbocycles. The Hall–Kier alpha value is -1.56. The van der Waals surface area contributed by atoms with Crippen LogP contribution in [-0.2, 0) is 0 Å². The Labute approximate surface area is 83.0 Å². The van der Waals surface area contributed by atoms with Crippen LogP contribution in [0.25, 0.3) is 11.0 Å². The van der Waals surface area contributed by atoms with Crippen LogP contribution < -0.4 is 5.56 Å². The van der Waals surface area contributed by atoms with E-state index in [9.17, 15) is 9.59 Å². The van der Waals surface area contributed by atoms with Gasteiger partial charge in [-0.15, -0.1) is 0 Å². The third-order valence-corrected chi connectivity index (χ3v) is 2.71. The van der Waals surface area contributed by atoms with Gasteiger partial charge in [0.15, 0.2) is 11.3 Å². The topological polar surface area (TPSA) is 75.7 Å². The van der Waals surface area contributed by atoms with Gasteiger partial charge < -0.3 is 4.98 Å². The van der Waals surface area contributed by atoms with Crippen LogP contribution in [0.3, 0.4) is 0 Å². The van der Waals surface area contributed by atoms with Gasteiger partial charge in [-0.2, -0.15) is 4.37 Å². The van der Waals surface area contributed by atoms with Gasteiger partial charge in [0.1, 0.15) is 16.2 Å². The fourth-order valence-electron chi connectivity index (χ4n) is 1.19. The summed E-state index contributed by atoms with van der Waals surface area (Å²) in [6.07, 6.45) is 0. The Morgan fingerprint density at radius 2 is 2.14 bits per heavy atom. The molecular formula is C8H7N3O2S. The van der Waals surface area contributed by atoms with Crippen molar-refractivity contribution in [1.82, 2.24) is 14.3 Å². The number of ketones is 1. The second kappa shape index (κ2) is 2.98. The molecule has 0 saturated heterocycles. The van der Waals surface area contributed by atoms with Crippen LogP contribution in [0.15, 0.2) is 4.79 Å². The Kier molecular flexibility index (Phi) is 1.92. The van der Waals surface area contributed by atoms with E-state index >= 15 is 0 Å². The molecule has 2 aromatic rings. The number of carbonyl (C=O) groups excluding carboxylic acids is 1. The summed E-state index contributed by atoms with van der Waals surface area (Å²) in [7, 11) is 0. The maximum absolute atomic E-state index is 11.4. The fourth-order valence-corrected chi connectivity index (χ4v) is 1.90. The Balaban J connectivity index is 2.92. The Bertz CT molecular complexity index is 569. The Morgan fingerprint density at radius 3 is 2.79 bits per heavy atom. The summed E-state index contributed by atoms with van der Waals surface area (Å²) in [6.45, 7) is 3.10. The molecule has 0 amide bonds. The fraction of sp³-hybridized carbons (Fsp3) is 0.250. The minimum atomic E-state index is -0.295. The van der Waals surface area contributed by atoms with Crippen molar-refractivity contribution in [2.45, 2.75) is 13.8 Å². The third kappa shape index (κ3) is 1.24. The number of carbonyl (C=O) groups is 1. The van der Waals surface area contributed by atoms with Crippen LogP contribution in [0.5, 0.6) is 0 Å². The van der Waals surface area contributed by atoms with Gasteiger partial charge >= 0.3 is 0 Å². The zero-order valence-electron chi connectivity index (χ0n) is 7.62. The van der Waals surface area contributed by atoms with Crippen molar-refractivity contribution in [2.24, 2.45) is 0 Å². The largest absolute Gasteiger partial charge is 0.309 e. The highest BCUT2D eigenvalue weighted by Gasteiger charge is 2.14. The lowest BCUT2D eigenvalue weighted by molar-refractivity contribution is 0.102. The van der Waals surface area contributed by atoms with Crippen molar-refractivity contribution in [3.63, 3.8) is 0 Å². The van der Waals surface area contributed by atoms with Gasteiger partial charge in [-0.3, -0.25) is 9.59 Å². The predicted molar refractivity (Wildman–Crippen MR) is 52.8 cm³/mol. The number of rotatable bonds is 1. The molecule has 5 nitrogen and oxygen atoms in total. The highest BCUT2D eigenvalue weighted by Crippen LogP contribution is 2.17. The first-order chi connectivity index (χ1) is 6.59. The van der Waals surface area contributed by atoms with E-state index in [0.29, 0.717) is 16.2 Å². The zero-order chi connectivity index (χ0) is 10.3. The van der Waals surface area contributed by atoms with Gasteiger partial charge in [0.2, 0.25) is 0 Å². The number of aromatic nitrogens is 3. The summed E-state index contributed by atoms with van der Waals surface area (Å²) >= 11 is 1.01. The minimum Gasteiger partial charge on any atom is -0.309 e. The van der Waals surface area contributed by atoms with Crippen molar-refractivity contribution < 1.29 is 4.79 Å². The van der Waals surface area contributed by atoms with E-state index < -0.39 is 0 Å². The van der Waals surface area contributed by atoms with Crippen LogP contribution in [0.2, 0.25) is 0 Å². The van der Waals surface area contributed by atoms with Crippen LogP contribution in [-0.4, -0.2) is 20.1 Å². The second-order valence-electron chi connectivity index (χ2n) is 2.92. The van der Waals surface area contributed by atoms with E-state index in [0.717, 1.165) is 11.5 Å². The summed E-state index contributed by atoms with van der Waals surface area (Å²) < 4.78 is 3.90. The first kappa shape index (κ1) is 9.01. The van der Waals surface area contributed by atoms with E-state index in [1.165, 1.54) is 6.92 Å². The number of fused-ring (bicyclic) bond motifs is 1. The number of nitrogens with one attached hydrogen (secondary N) is 1. The lowest BCUT2D eigenvalue weighted by Crippen LogP contribution is -2.09. The molecule has 2 rings (SSSR count). The van der Waals surface area contributed by atoms with Gasteiger partial charge in [-0.25, -0.2) is 4.98 Å². The third-order valence-electron chi connectivity index (χ3n) is 1.78. The minimum absolute atomic E-state index is 0.116. The normalized spacial score (nSPS) is 10.7. The van der Waals surface area contributed by atoms with Crippen LogP contribution in [0.4, 0.5) is 0 Å². The zero-order valence-corrected chi connectivity index (χ0v) is 8.44.